The fourth-order valence-corrected chi connectivity index (χ4v) is 14.1. The fourth-order valence-electron chi connectivity index (χ4n) is 11.1. The van der Waals surface area contributed by atoms with Crippen LogP contribution in [-0.2, 0) is 87.9 Å². The summed E-state index contributed by atoms with van der Waals surface area (Å²) in [6, 6.07) is 26.9. The van der Waals surface area contributed by atoms with E-state index >= 15 is 0 Å². The van der Waals surface area contributed by atoms with Crippen LogP contribution in [0.2, 0.25) is 0 Å². The predicted molar refractivity (Wildman–Crippen MR) is 367 cm³/mol. The molecule has 0 aliphatic rings. The SMILES string of the molecule is CCCCCCCCCCCCc1ccccc1S(=O)(=O)O.CCCCCCCCCCCCc1ccccc1S(=O)(=O)O.CCCCCCCCCCCCc1ccccc1S(=O)(=O)O.CCCCCCCCCCCCc1ccccc1S(=O)(=O)O.[Ti]. The predicted octanol–water partition coefficient (Wildman–Crippen LogP) is 21.6. The van der Waals surface area contributed by atoms with E-state index in [2.05, 4.69) is 27.7 Å². The second-order valence-electron chi connectivity index (χ2n) is 24.1. The van der Waals surface area contributed by atoms with Gasteiger partial charge in [0.2, 0.25) is 0 Å². The molecule has 0 unspecified atom stereocenters. The van der Waals surface area contributed by atoms with Crippen LogP contribution in [0.25, 0.3) is 0 Å². The Morgan fingerprint density at radius 1 is 0.213 bits per heavy atom. The molecule has 0 saturated carbocycles. The summed E-state index contributed by atoms with van der Waals surface area (Å²) in [6.45, 7) is 8.95. The molecule has 17 heteroatoms. The fraction of sp³-hybridized carbons (Fsp3) is 0.667. The first kappa shape index (κ1) is 86.2. The van der Waals surface area contributed by atoms with Gasteiger partial charge in [-0.3, -0.25) is 18.2 Å². The molecule has 0 aromatic heterocycles. The van der Waals surface area contributed by atoms with Gasteiger partial charge in [0, 0.05) is 21.7 Å². The van der Waals surface area contributed by atoms with Gasteiger partial charge in [-0.15, -0.1) is 0 Å². The van der Waals surface area contributed by atoms with E-state index < -0.39 is 40.5 Å². The van der Waals surface area contributed by atoms with Gasteiger partial charge in [0.05, 0.1) is 19.6 Å². The zero-order chi connectivity index (χ0) is 65.0. The normalized spacial score (nSPS) is 11.6. The number of hydrogen-bond donors (Lipinski definition) is 4. The van der Waals surface area contributed by atoms with E-state index in [0.717, 1.165) is 73.6 Å². The van der Waals surface area contributed by atoms with Crippen molar-refractivity contribution in [1.82, 2.24) is 0 Å². The maximum atomic E-state index is 11.3. The van der Waals surface area contributed by atoms with Gasteiger partial charge in [-0.1, -0.05) is 332 Å². The standard InChI is InChI=1S/4C18H30O3S.Ti/c4*1-2-3-4-5-6-7-8-9-10-11-14-17-15-12-13-16-18(17)22(19,20)21;/h4*12-13,15-16H,2-11,14H2,1H3,(H,19,20,21);. The summed E-state index contributed by atoms with van der Waals surface area (Å²) in [5.74, 6) is 0. The Kier molecular flexibility index (Phi) is 52.9. The average Bonchev–Trinajstić information content (AvgIpc) is 3.51. The molecule has 0 heterocycles. The van der Waals surface area contributed by atoms with Crippen molar-refractivity contribution in [2.45, 2.75) is 330 Å². The number of benzene rings is 4. The zero-order valence-corrected chi connectivity index (χ0v) is 60.4. The number of unbranched alkanes of at least 4 members (excludes halogenated alkanes) is 36. The quantitative estimate of drug-likeness (QED) is 0.0184. The monoisotopic (exact) mass is 1350 g/mol. The minimum absolute atomic E-state index is 0. The Morgan fingerprint density at radius 3 is 0.472 bits per heavy atom. The van der Waals surface area contributed by atoms with E-state index in [1.54, 1.807) is 48.5 Å². The van der Waals surface area contributed by atoms with Crippen LogP contribution < -0.4 is 0 Å². The van der Waals surface area contributed by atoms with Gasteiger partial charge in [-0.25, -0.2) is 0 Å². The van der Waals surface area contributed by atoms with E-state index in [1.807, 2.05) is 24.3 Å². The van der Waals surface area contributed by atoms with Gasteiger partial charge in [-0.05, 0) is 97.9 Å². The van der Waals surface area contributed by atoms with Crippen LogP contribution in [0, 0.1) is 0 Å². The van der Waals surface area contributed by atoms with Crippen molar-refractivity contribution in [1.29, 1.82) is 0 Å². The molecule has 0 fully saturated rings. The van der Waals surface area contributed by atoms with Crippen LogP contribution in [0.1, 0.15) is 307 Å². The van der Waals surface area contributed by atoms with Crippen LogP contribution in [0.15, 0.2) is 117 Å². The molecule has 0 aliphatic carbocycles. The third kappa shape index (κ3) is 46.1. The first-order valence-corrected chi connectivity index (χ1v) is 40.2. The molecule has 0 saturated heterocycles. The molecule has 0 amide bonds. The van der Waals surface area contributed by atoms with Gasteiger partial charge < -0.3 is 0 Å². The molecule has 0 spiro atoms. The van der Waals surface area contributed by atoms with Crippen LogP contribution in [0.4, 0.5) is 0 Å². The summed E-state index contributed by atoms with van der Waals surface area (Å²) < 4.78 is 127. The maximum Gasteiger partial charge on any atom is 0.294 e. The average molecular weight is 1350 g/mol. The molecule has 12 nitrogen and oxygen atoms in total. The Hall–Kier alpha value is -2.77. The molecule has 0 radical (unpaired) electrons. The largest absolute Gasteiger partial charge is 0.294 e. The minimum atomic E-state index is -4.10. The third-order valence-corrected chi connectivity index (χ3v) is 20.0. The molecular weight excluding hydrogens is 1230 g/mol. The second kappa shape index (κ2) is 54.6. The molecular formula is C72H120O12S4Ti. The molecule has 508 valence electrons. The van der Waals surface area contributed by atoms with E-state index in [4.69, 9.17) is 0 Å². The Morgan fingerprint density at radius 2 is 0.337 bits per heavy atom. The Bertz CT molecular complexity index is 2430. The zero-order valence-electron chi connectivity index (χ0n) is 55.5. The minimum Gasteiger partial charge on any atom is -0.282 e. The summed E-state index contributed by atoms with van der Waals surface area (Å²) >= 11 is 0. The van der Waals surface area contributed by atoms with Gasteiger partial charge in [0.1, 0.15) is 0 Å². The summed E-state index contributed by atoms with van der Waals surface area (Å²) in [4.78, 5) is 0.244. The van der Waals surface area contributed by atoms with Crippen molar-refractivity contribution in [2.75, 3.05) is 0 Å². The first-order valence-electron chi connectivity index (χ1n) is 34.4. The molecule has 0 atom stereocenters. The van der Waals surface area contributed by atoms with E-state index in [9.17, 15) is 51.9 Å². The second-order valence-corrected chi connectivity index (χ2v) is 29.6. The maximum absolute atomic E-state index is 11.3. The van der Waals surface area contributed by atoms with Crippen molar-refractivity contribution < 1.29 is 73.6 Å². The smallest absolute Gasteiger partial charge is 0.282 e. The summed E-state index contributed by atoms with van der Waals surface area (Å²) in [7, 11) is -16.4. The molecule has 0 aliphatic heterocycles. The number of aryl methyl sites for hydroxylation is 4. The van der Waals surface area contributed by atoms with E-state index in [1.165, 1.54) is 230 Å². The number of rotatable bonds is 48. The van der Waals surface area contributed by atoms with Crippen LogP contribution in [-0.4, -0.2) is 51.9 Å². The summed E-state index contributed by atoms with van der Waals surface area (Å²) in [5, 5.41) is 0. The molecule has 4 N–H and O–H groups in total. The Labute approximate surface area is 559 Å². The number of hydrogen-bond acceptors (Lipinski definition) is 8. The van der Waals surface area contributed by atoms with Crippen LogP contribution in [0.3, 0.4) is 0 Å². The van der Waals surface area contributed by atoms with Gasteiger partial charge in [0.15, 0.2) is 0 Å². The van der Waals surface area contributed by atoms with Crippen molar-refractivity contribution in [3.63, 3.8) is 0 Å². The molecule has 4 aromatic carbocycles. The van der Waals surface area contributed by atoms with Crippen LogP contribution >= 0.6 is 0 Å². The van der Waals surface area contributed by atoms with E-state index in [0.29, 0.717) is 25.7 Å². The van der Waals surface area contributed by atoms with Gasteiger partial charge in [-0.2, -0.15) is 33.7 Å². The molecule has 4 aromatic rings. The summed E-state index contributed by atoms with van der Waals surface area (Å²) in [6.07, 6.45) is 53.2. The van der Waals surface area contributed by atoms with Crippen molar-refractivity contribution >= 4 is 40.5 Å². The van der Waals surface area contributed by atoms with Crippen molar-refractivity contribution in [3.8, 4) is 0 Å². The van der Waals surface area contributed by atoms with E-state index in [-0.39, 0.29) is 41.3 Å². The van der Waals surface area contributed by atoms with Crippen molar-refractivity contribution in [2.24, 2.45) is 0 Å². The first-order chi connectivity index (χ1) is 42.2. The van der Waals surface area contributed by atoms with Gasteiger partial charge >= 0.3 is 0 Å². The van der Waals surface area contributed by atoms with Crippen LogP contribution in [0.5, 0.6) is 0 Å². The molecule has 4 rings (SSSR count). The molecule has 0 bridgehead atoms. The Balaban J connectivity index is 0.00000116. The third-order valence-electron chi connectivity index (χ3n) is 16.2. The topological polar surface area (TPSA) is 217 Å². The van der Waals surface area contributed by atoms with Crippen molar-refractivity contribution in [3.05, 3.63) is 119 Å². The van der Waals surface area contributed by atoms with Gasteiger partial charge in [0.25, 0.3) is 40.5 Å². The summed E-state index contributed by atoms with van der Waals surface area (Å²) in [5.41, 5.74) is 2.91. The molecule has 89 heavy (non-hydrogen) atoms.